The van der Waals surface area contributed by atoms with Gasteiger partial charge in [0.05, 0.1) is 10.9 Å². The van der Waals surface area contributed by atoms with Gasteiger partial charge in [-0.2, -0.15) is 4.31 Å². The van der Waals surface area contributed by atoms with Crippen LogP contribution in [0.3, 0.4) is 0 Å². The van der Waals surface area contributed by atoms with Crippen LogP contribution in [0.1, 0.15) is 43.4 Å². The Morgan fingerprint density at radius 2 is 1.68 bits per heavy atom. The third kappa shape index (κ3) is 5.00. The van der Waals surface area contributed by atoms with E-state index in [1.165, 1.54) is 0 Å². The van der Waals surface area contributed by atoms with Crippen molar-refractivity contribution >= 4 is 15.9 Å². The Bertz CT molecular complexity index is 887. The van der Waals surface area contributed by atoms with Crippen LogP contribution in [0, 0.1) is 12.8 Å². The summed E-state index contributed by atoms with van der Waals surface area (Å²) >= 11 is 0. The number of aryl methyl sites for hydroxylation is 1. The summed E-state index contributed by atoms with van der Waals surface area (Å²) in [6.07, 6.45) is 1.85. The molecule has 2 aromatic carbocycles. The molecule has 1 N–H and O–H groups in total. The summed E-state index contributed by atoms with van der Waals surface area (Å²) in [5, 5.41) is 3.05. The molecule has 5 nitrogen and oxygen atoms in total. The molecule has 1 aliphatic heterocycles. The molecule has 0 spiro atoms. The van der Waals surface area contributed by atoms with E-state index in [1.807, 2.05) is 56.3 Å². The van der Waals surface area contributed by atoms with Crippen molar-refractivity contribution in [1.29, 1.82) is 0 Å². The third-order valence-electron chi connectivity index (χ3n) is 5.38. The average molecular weight is 401 g/mol. The highest BCUT2D eigenvalue weighted by atomic mass is 32.2. The zero-order chi connectivity index (χ0) is 20.1. The zero-order valence-corrected chi connectivity index (χ0v) is 17.3. The van der Waals surface area contributed by atoms with Crippen molar-refractivity contribution in [1.82, 2.24) is 9.62 Å². The molecular formula is C22H28N2O3S. The molecule has 0 unspecified atom stereocenters. The second kappa shape index (κ2) is 8.88. The molecule has 0 bridgehead atoms. The minimum absolute atomic E-state index is 0.0243. The Hall–Kier alpha value is -2.18. The van der Waals surface area contributed by atoms with Crippen molar-refractivity contribution in [3.8, 4) is 0 Å². The van der Waals surface area contributed by atoms with Gasteiger partial charge in [-0.25, -0.2) is 8.42 Å². The smallest absolute Gasteiger partial charge is 0.243 e. The molecule has 1 aliphatic rings. The second-order valence-electron chi connectivity index (χ2n) is 7.56. The number of sulfonamides is 1. The number of amides is 1. The van der Waals surface area contributed by atoms with Gasteiger partial charge in [-0.3, -0.25) is 4.79 Å². The predicted molar refractivity (Wildman–Crippen MR) is 110 cm³/mol. The molecule has 1 amide bonds. The van der Waals surface area contributed by atoms with Gasteiger partial charge in [0.25, 0.3) is 0 Å². The van der Waals surface area contributed by atoms with Crippen LogP contribution in [0.5, 0.6) is 0 Å². The summed E-state index contributed by atoms with van der Waals surface area (Å²) in [6, 6.07) is 16.8. The quantitative estimate of drug-likeness (QED) is 0.805. The van der Waals surface area contributed by atoms with Crippen LogP contribution in [-0.2, 0) is 14.8 Å². The fourth-order valence-electron chi connectivity index (χ4n) is 3.60. The number of carbonyl (C=O) groups is 1. The molecule has 0 saturated carbocycles. The first-order chi connectivity index (χ1) is 13.4. The highest BCUT2D eigenvalue weighted by molar-refractivity contribution is 7.89. The van der Waals surface area contributed by atoms with Crippen molar-refractivity contribution in [2.45, 2.75) is 44.0 Å². The maximum absolute atomic E-state index is 12.8. The number of piperidine rings is 1. The molecule has 3 rings (SSSR count). The van der Waals surface area contributed by atoms with Gasteiger partial charge in [-0.1, -0.05) is 48.0 Å². The molecule has 1 saturated heterocycles. The SMILES string of the molecule is Cc1ccc(S(=O)(=O)N2CCC(CC(=O)N[C@H](C)c3ccccc3)CC2)cc1. The van der Waals surface area contributed by atoms with Crippen LogP contribution in [0.2, 0.25) is 0 Å². The molecule has 150 valence electrons. The van der Waals surface area contributed by atoms with Crippen molar-refractivity contribution in [3.63, 3.8) is 0 Å². The standard InChI is InChI=1S/C22H28N2O3S/c1-17-8-10-21(11-9-17)28(26,27)24-14-12-19(13-15-24)16-22(25)23-18(2)20-6-4-3-5-7-20/h3-11,18-19H,12-16H2,1-2H3,(H,23,25)/t18-/m1/s1. The monoisotopic (exact) mass is 400 g/mol. The Kier molecular flexibility index (Phi) is 6.52. The summed E-state index contributed by atoms with van der Waals surface area (Å²) < 4.78 is 27.1. The van der Waals surface area contributed by atoms with Gasteiger partial charge in [0, 0.05) is 19.5 Å². The first-order valence-electron chi connectivity index (χ1n) is 9.77. The summed E-state index contributed by atoms with van der Waals surface area (Å²) in [4.78, 5) is 12.7. The largest absolute Gasteiger partial charge is 0.350 e. The van der Waals surface area contributed by atoms with Gasteiger partial charge in [-0.15, -0.1) is 0 Å². The van der Waals surface area contributed by atoms with Crippen LogP contribution in [-0.4, -0.2) is 31.7 Å². The summed E-state index contributed by atoms with van der Waals surface area (Å²) in [5.74, 6) is 0.239. The van der Waals surface area contributed by atoms with E-state index in [2.05, 4.69) is 5.32 Å². The maximum atomic E-state index is 12.8. The van der Waals surface area contributed by atoms with Gasteiger partial charge in [0.1, 0.15) is 0 Å². The molecule has 1 fully saturated rings. The van der Waals surface area contributed by atoms with Crippen LogP contribution < -0.4 is 5.32 Å². The van der Waals surface area contributed by atoms with E-state index in [9.17, 15) is 13.2 Å². The van der Waals surface area contributed by atoms with Crippen molar-refractivity contribution in [2.75, 3.05) is 13.1 Å². The summed E-state index contributed by atoms with van der Waals surface area (Å²) in [6.45, 7) is 4.83. The molecule has 0 radical (unpaired) electrons. The van der Waals surface area contributed by atoms with E-state index in [-0.39, 0.29) is 17.9 Å². The first kappa shape index (κ1) is 20.6. The molecule has 2 aromatic rings. The lowest BCUT2D eigenvalue weighted by molar-refractivity contribution is -0.122. The summed E-state index contributed by atoms with van der Waals surface area (Å²) in [7, 11) is -3.45. The van der Waals surface area contributed by atoms with E-state index in [1.54, 1.807) is 16.4 Å². The van der Waals surface area contributed by atoms with Crippen LogP contribution in [0.4, 0.5) is 0 Å². The lowest BCUT2D eigenvalue weighted by Crippen LogP contribution is -2.39. The minimum atomic E-state index is -3.45. The highest BCUT2D eigenvalue weighted by Crippen LogP contribution is 2.26. The van der Waals surface area contributed by atoms with Crippen LogP contribution in [0.25, 0.3) is 0 Å². The number of benzene rings is 2. The highest BCUT2D eigenvalue weighted by Gasteiger charge is 2.30. The normalized spacial score (nSPS) is 17.2. The van der Waals surface area contributed by atoms with Gasteiger partial charge in [0.2, 0.25) is 15.9 Å². The van der Waals surface area contributed by atoms with E-state index < -0.39 is 10.0 Å². The Morgan fingerprint density at radius 3 is 2.29 bits per heavy atom. The number of nitrogens with zero attached hydrogens (tertiary/aromatic N) is 1. The van der Waals surface area contributed by atoms with Gasteiger partial charge >= 0.3 is 0 Å². The minimum Gasteiger partial charge on any atom is -0.350 e. The van der Waals surface area contributed by atoms with Crippen molar-refractivity contribution in [2.24, 2.45) is 5.92 Å². The van der Waals surface area contributed by atoms with Gasteiger partial charge in [-0.05, 0) is 50.3 Å². The molecule has 6 heteroatoms. The Morgan fingerprint density at radius 1 is 1.07 bits per heavy atom. The zero-order valence-electron chi connectivity index (χ0n) is 16.5. The van der Waals surface area contributed by atoms with E-state index in [0.717, 1.165) is 11.1 Å². The topological polar surface area (TPSA) is 66.5 Å². The first-order valence-corrected chi connectivity index (χ1v) is 11.2. The molecule has 28 heavy (non-hydrogen) atoms. The maximum Gasteiger partial charge on any atom is 0.243 e. The lowest BCUT2D eigenvalue weighted by Gasteiger charge is -2.31. The Balaban J connectivity index is 1.51. The van der Waals surface area contributed by atoms with Crippen molar-refractivity contribution in [3.05, 3.63) is 65.7 Å². The third-order valence-corrected chi connectivity index (χ3v) is 7.30. The van der Waals surface area contributed by atoms with Gasteiger partial charge < -0.3 is 5.32 Å². The van der Waals surface area contributed by atoms with Crippen LogP contribution >= 0.6 is 0 Å². The van der Waals surface area contributed by atoms with Crippen LogP contribution in [0.15, 0.2) is 59.5 Å². The average Bonchev–Trinajstić information content (AvgIpc) is 2.69. The van der Waals surface area contributed by atoms with E-state index in [0.29, 0.717) is 37.2 Å². The summed E-state index contributed by atoms with van der Waals surface area (Å²) in [5.41, 5.74) is 2.11. The molecular weight excluding hydrogens is 372 g/mol. The second-order valence-corrected chi connectivity index (χ2v) is 9.50. The fraction of sp³-hybridized carbons (Fsp3) is 0.409. The van der Waals surface area contributed by atoms with Crippen molar-refractivity contribution < 1.29 is 13.2 Å². The molecule has 1 atom stereocenters. The van der Waals surface area contributed by atoms with Gasteiger partial charge in [0.15, 0.2) is 0 Å². The number of nitrogens with one attached hydrogen (secondary N) is 1. The number of rotatable bonds is 6. The molecule has 0 aliphatic carbocycles. The Labute approximate surface area is 167 Å². The number of hydrogen-bond donors (Lipinski definition) is 1. The molecule has 0 aromatic heterocycles. The lowest BCUT2D eigenvalue weighted by atomic mass is 9.94. The predicted octanol–water partition coefficient (Wildman–Crippen LogP) is 3.66. The fourth-order valence-corrected chi connectivity index (χ4v) is 5.07. The van der Waals surface area contributed by atoms with E-state index >= 15 is 0 Å². The number of hydrogen-bond acceptors (Lipinski definition) is 3. The molecule has 1 heterocycles. The van der Waals surface area contributed by atoms with E-state index in [4.69, 9.17) is 0 Å². The number of carbonyl (C=O) groups excluding carboxylic acids is 1.